The molecule has 124 valence electrons. The number of hydrogen-bond donors (Lipinski definition) is 1. The van der Waals surface area contributed by atoms with Crippen LogP contribution < -0.4 is 0 Å². The maximum absolute atomic E-state index is 11.6. The van der Waals surface area contributed by atoms with E-state index in [9.17, 15) is 4.55 Å². The van der Waals surface area contributed by atoms with Crippen LogP contribution in [0, 0.1) is 0 Å². The number of hydrogen-bond acceptors (Lipinski definition) is 3. The van der Waals surface area contributed by atoms with Gasteiger partial charge in [-0.05, 0) is 17.2 Å². The van der Waals surface area contributed by atoms with Crippen LogP contribution in [0.2, 0.25) is 5.02 Å². The molecule has 0 saturated heterocycles. The molecule has 1 unspecified atom stereocenters. The highest BCUT2D eigenvalue weighted by molar-refractivity contribution is 7.90. The van der Waals surface area contributed by atoms with Crippen LogP contribution in [-0.2, 0) is 11.2 Å². The van der Waals surface area contributed by atoms with E-state index >= 15 is 0 Å². The van der Waals surface area contributed by atoms with Crippen molar-refractivity contribution >= 4 is 33.9 Å². The van der Waals surface area contributed by atoms with Crippen LogP contribution in [0.15, 0.2) is 65.8 Å². The minimum Gasteiger partial charge on any atom is -0.609 e. The Balaban J connectivity index is 1.75. The van der Waals surface area contributed by atoms with Gasteiger partial charge in [0.05, 0.1) is 16.2 Å². The molecule has 2 heterocycles. The first kappa shape index (κ1) is 16.1. The first-order valence-electron chi connectivity index (χ1n) is 7.67. The number of imidazole rings is 1. The predicted molar refractivity (Wildman–Crippen MR) is 102 cm³/mol. The molecule has 4 aromatic rings. The minimum absolute atomic E-state index is 0.398. The fraction of sp³-hybridized carbons (Fsp3) is 0.0526. The number of rotatable bonds is 3. The predicted octanol–water partition coefficient (Wildman–Crippen LogP) is 4.68. The number of nitrogens with zero attached hydrogens (tertiary/aromatic N) is 2. The summed E-state index contributed by atoms with van der Waals surface area (Å²) < 4.78 is 11.6. The highest BCUT2D eigenvalue weighted by Crippen LogP contribution is 2.30. The zero-order chi connectivity index (χ0) is 17.4. The van der Waals surface area contributed by atoms with Crippen molar-refractivity contribution < 1.29 is 4.55 Å². The van der Waals surface area contributed by atoms with Crippen molar-refractivity contribution in [1.29, 1.82) is 0 Å². The molecule has 2 aromatic heterocycles. The maximum atomic E-state index is 11.6. The molecule has 4 nitrogen and oxygen atoms in total. The fourth-order valence-electron chi connectivity index (χ4n) is 2.69. The van der Waals surface area contributed by atoms with Gasteiger partial charge in [0, 0.05) is 16.7 Å². The zero-order valence-electron chi connectivity index (χ0n) is 13.4. The number of nitrogens with one attached hydrogen (secondary N) is 1. The summed E-state index contributed by atoms with van der Waals surface area (Å²) in [6.07, 6.45) is 1.57. The Morgan fingerprint density at radius 1 is 0.920 bits per heavy atom. The second kappa shape index (κ2) is 6.52. The SMILES string of the molecule is C[S+]([O-])c1nc2nc(-c3ccc(-c4ccccc4)cc3)c(Cl)cc2[nH]1. The van der Waals surface area contributed by atoms with Gasteiger partial charge in [-0.2, -0.15) is 4.98 Å². The normalized spacial score (nSPS) is 12.4. The van der Waals surface area contributed by atoms with Crippen molar-refractivity contribution in [3.8, 4) is 22.4 Å². The van der Waals surface area contributed by atoms with Gasteiger partial charge in [0.15, 0.2) is 5.65 Å². The summed E-state index contributed by atoms with van der Waals surface area (Å²) in [6, 6.07) is 20.0. The molecule has 1 atom stereocenters. The molecule has 0 aliphatic rings. The second-order valence-electron chi connectivity index (χ2n) is 5.63. The Bertz CT molecular complexity index is 1030. The highest BCUT2D eigenvalue weighted by atomic mass is 35.5. The molecule has 0 radical (unpaired) electrons. The number of halogens is 1. The highest BCUT2D eigenvalue weighted by Gasteiger charge is 2.15. The molecule has 0 aliphatic heterocycles. The lowest BCUT2D eigenvalue weighted by molar-refractivity contribution is 0.594. The van der Waals surface area contributed by atoms with Gasteiger partial charge < -0.3 is 4.55 Å². The van der Waals surface area contributed by atoms with E-state index < -0.39 is 11.2 Å². The van der Waals surface area contributed by atoms with Crippen LogP contribution in [0.3, 0.4) is 0 Å². The number of aromatic amines is 1. The van der Waals surface area contributed by atoms with E-state index in [0.717, 1.165) is 16.7 Å². The number of benzene rings is 2. The van der Waals surface area contributed by atoms with Crippen molar-refractivity contribution in [1.82, 2.24) is 15.0 Å². The van der Waals surface area contributed by atoms with E-state index in [1.54, 1.807) is 12.3 Å². The molecular weight excluding hydrogens is 354 g/mol. The summed E-state index contributed by atoms with van der Waals surface area (Å²) in [6.45, 7) is 0. The first-order chi connectivity index (χ1) is 12.1. The van der Waals surface area contributed by atoms with Gasteiger partial charge >= 0.3 is 5.16 Å². The molecule has 2 aromatic carbocycles. The molecule has 0 bridgehead atoms. The molecule has 0 fully saturated rings. The monoisotopic (exact) mass is 367 g/mol. The van der Waals surface area contributed by atoms with Crippen LogP contribution in [0.1, 0.15) is 0 Å². The van der Waals surface area contributed by atoms with Crippen molar-refractivity contribution in [3.05, 3.63) is 65.7 Å². The van der Waals surface area contributed by atoms with Crippen LogP contribution in [0.25, 0.3) is 33.5 Å². The summed E-state index contributed by atoms with van der Waals surface area (Å²) in [5, 5.41) is 0.923. The number of H-pyrrole nitrogens is 1. The Morgan fingerprint density at radius 2 is 1.56 bits per heavy atom. The Kier molecular flexibility index (Phi) is 4.21. The smallest absolute Gasteiger partial charge is 0.322 e. The lowest BCUT2D eigenvalue weighted by Crippen LogP contribution is -1.98. The van der Waals surface area contributed by atoms with E-state index in [2.05, 4.69) is 27.1 Å². The van der Waals surface area contributed by atoms with Crippen molar-refractivity contribution in [2.75, 3.05) is 6.26 Å². The maximum Gasteiger partial charge on any atom is 0.322 e. The third-order valence-corrected chi connectivity index (χ3v) is 4.97. The third-order valence-electron chi connectivity index (χ3n) is 3.94. The van der Waals surface area contributed by atoms with Gasteiger partial charge in [0.2, 0.25) is 0 Å². The number of fused-ring (bicyclic) bond motifs is 1. The Morgan fingerprint density at radius 3 is 2.24 bits per heavy atom. The van der Waals surface area contributed by atoms with Gasteiger partial charge in [0.25, 0.3) is 0 Å². The quantitative estimate of drug-likeness (QED) is 0.534. The summed E-state index contributed by atoms with van der Waals surface area (Å²) >= 11 is 5.20. The molecule has 1 N–H and O–H groups in total. The second-order valence-corrected chi connectivity index (χ2v) is 7.33. The van der Waals surface area contributed by atoms with Gasteiger partial charge in [0.1, 0.15) is 6.26 Å². The van der Waals surface area contributed by atoms with E-state index in [4.69, 9.17) is 11.6 Å². The standard InChI is InChI=1S/C19H14ClN3OS/c1-25(24)19-21-16-11-15(20)17(22-18(16)23-19)14-9-7-13(8-10-14)12-5-3-2-4-6-12/h2-11H,1H3,(H,21,22,23). The molecule has 0 saturated carbocycles. The van der Waals surface area contributed by atoms with Gasteiger partial charge in [-0.1, -0.05) is 66.2 Å². The van der Waals surface area contributed by atoms with Gasteiger partial charge in [-0.25, -0.2) is 4.98 Å². The molecule has 25 heavy (non-hydrogen) atoms. The van der Waals surface area contributed by atoms with Crippen LogP contribution >= 0.6 is 11.6 Å². The third kappa shape index (κ3) is 3.14. The number of aromatic nitrogens is 3. The lowest BCUT2D eigenvalue weighted by Gasteiger charge is -2.06. The summed E-state index contributed by atoms with van der Waals surface area (Å²) in [5.74, 6) is 0. The Labute approximate surface area is 153 Å². The average Bonchev–Trinajstić information content (AvgIpc) is 3.05. The minimum atomic E-state index is -1.19. The molecule has 4 rings (SSSR count). The molecule has 6 heteroatoms. The molecule has 0 spiro atoms. The summed E-state index contributed by atoms with van der Waals surface area (Å²) in [4.78, 5) is 11.8. The van der Waals surface area contributed by atoms with Crippen LogP contribution in [0.4, 0.5) is 0 Å². The zero-order valence-corrected chi connectivity index (χ0v) is 14.9. The van der Waals surface area contributed by atoms with E-state index in [0.29, 0.717) is 27.0 Å². The lowest BCUT2D eigenvalue weighted by atomic mass is 10.0. The topological polar surface area (TPSA) is 64.6 Å². The van der Waals surface area contributed by atoms with Crippen LogP contribution in [-0.4, -0.2) is 25.8 Å². The molecular formula is C19H14ClN3OS. The van der Waals surface area contributed by atoms with Crippen molar-refractivity contribution in [2.24, 2.45) is 0 Å². The largest absolute Gasteiger partial charge is 0.609 e. The average molecular weight is 368 g/mol. The van der Waals surface area contributed by atoms with Gasteiger partial charge in [-0.3, -0.25) is 4.98 Å². The van der Waals surface area contributed by atoms with E-state index in [1.165, 1.54) is 0 Å². The van der Waals surface area contributed by atoms with Crippen molar-refractivity contribution in [3.63, 3.8) is 0 Å². The summed E-state index contributed by atoms with van der Waals surface area (Å²) in [5.41, 5.74) is 5.05. The van der Waals surface area contributed by atoms with E-state index in [1.807, 2.05) is 42.5 Å². The summed E-state index contributed by atoms with van der Waals surface area (Å²) in [7, 11) is 0. The Hall–Kier alpha value is -2.34. The van der Waals surface area contributed by atoms with Gasteiger partial charge in [-0.15, -0.1) is 0 Å². The van der Waals surface area contributed by atoms with E-state index in [-0.39, 0.29) is 0 Å². The fourth-order valence-corrected chi connectivity index (χ4v) is 3.41. The first-order valence-corrected chi connectivity index (χ1v) is 9.61. The van der Waals surface area contributed by atoms with Crippen LogP contribution in [0.5, 0.6) is 0 Å². The molecule has 0 aliphatic carbocycles. The molecule has 0 amide bonds. The number of pyridine rings is 1. The van der Waals surface area contributed by atoms with Crippen molar-refractivity contribution in [2.45, 2.75) is 5.16 Å².